The van der Waals surface area contributed by atoms with E-state index in [0.717, 1.165) is 11.4 Å². The minimum absolute atomic E-state index is 0.114. The Labute approximate surface area is 140 Å². The molecule has 0 aliphatic rings. The maximum absolute atomic E-state index is 12.2. The Balaban J connectivity index is 1.83. The van der Waals surface area contributed by atoms with Gasteiger partial charge in [-0.3, -0.25) is 9.84 Å². The average Bonchev–Trinajstić information content (AvgIpc) is 3.00. The molecule has 2 amide bonds. The van der Waals surface area contributed by atoms with Gasteiger partial charge in [-0.15, -0.1) is 0 Å². The molecule has 0 spiro atoms. The van der Waals surface area contributed by atoms with Crippen molar-refractivity contribution in [1.29, 1.82) is 0 Å². The summed E-state index contributed by atoms with van der Waals surface area (Å²) in [7, 11) is 0. The van der Waals surface area contributed by atoms with Crippen LogP contribution in [0.4, 0.5) is 16.4 Å². The van der Waals surface area contributed by atoms with Gasteiger partial charge in [0.1, 0.15) is 0 Å². The van der Waals surface area contributed by atoms with E-state index in [1.54, 1.807) is 4.68 Å². The van der Waals surface area contributed by atoms with Crippen molar-refractivity contribution in [2.24, 2.45) is 0 Å². The molecule has 1 aromatic heterocycles. The van der Waals surface area contributed by atoms with Crippen LogP contribution in [0, 0.1) is 0 Å². The van der Waals surface area contributed by atoms with Gasteiger partial charge in [0.2, 0.25) is 11.0 Å². The van der Waals surface area contributed by atoms with E-state index in [1.165, 1.54) is 0 Å². The summed E-state index contributed by atoms with van der Waals surface area (Å²) in [6.45, 7) is 4.04. The first-order valence-corrected chi connectivity index (χ1v) is 7.75. The minimum Gasteiger partial charge on any atom is -0.308 e. The Hall–Kier alpha value is -3.15. The van der Waals surface area contributed by atoms with Crippen LogP contribution in [0.5, 0.6) is 0 Å². The molecular weight excluding hydrogens is 304 g/mol. The van der Waals surface area contributed by atoms with Gasteiger partial charge < -0.3 is 5.32 Å². The molecule has 24 heavy (non-hydrogen) atoms. The van der Waals surface area contributed by atoms with Crippen molar-refractivity contribution in [3.63, 3.8) is 0 Å². The number of urea groups is 1. The molecule has 0 fully saturated rings. The van der Waals surface area contributed by atoms with E-state index in [9.17, 15) is 4.79 Å². The molecule has 0 unspecified atom stereocenters. The van der Waals surface area contributed by atoms with Gasteiger partial charge in [0.25, 0.3) is 5.69 Å². The zero-order chi connectivity index (χ0) is 16.9. The molecule has 0 bridgehead atoms. The monoisotopic (exact) mass is 323 g/mol. The van der Waals surface area contributed by atoms with Crippen LogP contribution in [0.3, 0.4) is 0 Å². The lowest BCUT2D eigenvalue weighted by Gasteiger charge is -2.05. The molecule has 2 N–H and O–H groups in total. The van der Waals surface area contributed by atoms with Gasteiger partial charge in [0.05, 0.1) is 0 Å². The van der Waals surface area contributed by atoms with E-state index >= 15 is 0 Å². The number of para-hydroxylation sites is 2. The normalized spacial score (nSPS) is 10.6. The second-order valence-corrected chi connectivity index (χ2v) is 5.63. The number of amides is 2. The Kier molecular flexibility index (Phi) is 4.56. The summed E-state index contributed by atoms with van der Waals surface area (Å²) in [6, 6.07) is 18.5. The summed E-state index contributed by atoms with van der Waals surface area (Å²) in [5.74, 6) is 0.450. The fourth-order valence-electron chi connectivity index (χ4n) is 2.40. The van der Waals surface area contributed by atoms with Crippen LogP contribution in [0.2, 0.25) is 0 Å². The number of rotatable bonds is 4. The molecule has 2 aromatic carbocycles. The zero-order valence-corrected chi connectivity index (χ0v) is 13.6. The van der Waals surface area contributed by atoms with Crippen molar-refractivity contribution in [1.82, 2.24) is 5.27 Å². The zero-order valence-electron chi connectivity index (χ0n) is 13.6. The van der Waals surface area contributed by atoms with Crippen molar-refractivity contribution in [2.75, 3.05) is 10.6 Å². The molecule has 0 saturated heterocycles. The fraction of sp³-hybridized carbons (Fsp3) is 0.167. The Morgan fingerprint density at radius 1 is 1.00 bits per heavy atom. The van der Waals surface area contributed by atoms with Gasteiger partial charge in [-0.2, -0.15) is 0 Å². The molecule has 3 rings (SSSR count). The van der Waals surface area contributed by atoms with E-state index in [1.807, 2.05) is 74.5 Å². The lowest BCUT2D eigenvalue weighted by molar-refractivity contribution is -0.678. The molecule has 0 aliphatic heterocycles. The first-order chi connectivity index (χ1) is 11.6. The van der Waals surface area contributed by atoms with Gasteiger partial charge >= 0.3 is 11.9 Å². The first kappa shape index (κ1) is 15.7. The molecular formula is C18H19N4O2+. The number of hydrogen-bond acceptors (Lipinski definition) is 3. The predicted octanol–water partition coefficient (Wildman–Crippen LogP) is 3.72. The van der Waals surface area contributed by atoms with Crippen LogP contribution < -0.4 is 15.3 Å². The van der Waals surface area contributed by atoms with Crippen molar-refractivity contribution in [3.8, 4) is 5.69 Å². The van der Waals surface area contributed by atoms with Crippen LogP contribution in [-0.2, 0) is 0 Å². The number of aromatic nitrogens is 2. The molecule has 3 aromatic rings. The Morgan fingerprint density at radius 2 is 1.62 bits per heavy atom. The molecule has 0 aliphatic carbocycles. The molecule has 0 atom stereocenters. The maximum atomic E-state index is 12.2. The number of carbonyl (C=O) groups is 1. The predicted molar refractivity (Wildman–Crippen MR) is 91.2 cm³/mol. The molecule has 6 heteroatoms. The largest absolute Gasteiger partial charge is 0.326 e. The highest BCUT2D eigenvalue weighted by molar-refractivity contribution is 5.99. The Bertz CT molecular complexity index is 814. The maximum Gasteiger partial charge on any atom is 0.326 e. The molecule has 1 heterocycles. The SMILES string of the molecule is CC(C)c1c(NC(=O)Nc2ccccc2)on[n+]1-c1ccccc1. The Morgan fingerprint density at radius 3 is 2.25 bits per heavy atom. The molecule has 122 valence electrons. The van der Waals surface area contributed by atoms with Gasteiger partial charge in [-0.1, -0.05) is 50.2 Å². The third kappa shape index (κ3) is 3.43. The van der Waals surface area contributed by atoms with Crippen LogP contribution in [-0.4, -0.2) is 11.3 Å². The average molecular weight is 323 g/mol. The third-order valence-corrected chi connectivity index (χ3v) is 3.48. The summed E-state index contributed by atoms with van der Waals surface area (Å²) in [4.78, 5) is 12.2. The smallest absolute Gasteiger partial charge is 0.308 e. The highest BCUT2D eigenvalue weighted by atomic mass is 16.5. The second-order valence-electron chi connectivity index (χ2n) is 5.63. The standard InChI is InChI=1S/C18H18N4O2/c1-13(2)16-17(20-18(23)19-14-9-5-3-6-10-14)24-21-22(16)15-11-7-4-8-12-15/h3-13H,1-2H3,(H-,19,20,21,23)/p+1. The number of carbonyl (C=O) groups excluding carboxylic acids is 1. The fourth-order valence-corrected chi connectivity index (χ4v) is 2.40. The topological polar surface area (TPSA) is 71.0 Å². The first-order valence-electron chi connectivity index (χ1n) is 7.75. The number of nitrogens with zero attached hydrogens (tertiary/aromatic N) is 2. The van der Waals surface area contributed by atoms with Crippen LogP contribution >= 0.6 is 0 Å². The molecule has 0 radical (unpaired) electrons. The summed E-state index contributed by atoms with van der Waals surface area (Å²) in [5.41, 5.74) is 2.38. The van der Waals surface area contributed by atoms with E-state index in [4.69, 9.17) is 4.52 Å². The van der Waals surface area contributed by atoms with E-state index in [2.05, 4.69) is 15.9 Å². The van der Waals surface area contributed by atoms with Crippen molar-refractivity contribution >= 4 is 17.6 Å². The van der Waals surface area contributed by atoms with Gasteiger partial charge in [-0.25, -0.2) is 4.79 Å². The summed E-state index contributed by atoms with van der Waals surface area (Å²) in [6.07, 6.45) is 0. The van der Waals surface area contributed by atoms with Crippen LogP contribution in [0.15, 0.2) is 65.2 Å². The van der Waals surface area contributed by atoms with E-state index < -0.39 is 0 Å². The molecule has 0 saturated carbocycles. The molecule has 6 nitrogen and oxygen atoms in total. The lowest BCUT2D eigenvalue weighted by atomic mass is 10.1. The van der Waals surface area contributed by atoms with Gasteiger partial charge in [-0.05, 0) is 16.8 Å². The number of nitrogens with one attached hydrogen (secondary N) is 2. The quantitative estimate of drug-likeness (QED) is 0.719. The second kappa shape index (κ2) is 6.95. The van der Waals surface area contributed by atoms with Crippen LogP contribution in [0.1, 0.15) is 25.5 Å². The van der Waals surface area contributed by atoms with Gasteiger partial charge in [0.15, 0.2) is 0 Å². The summed E-state index contributed by atoms with van der Waals surface area (Å²) in [5, 5.41) is 9.56. The van der Waals surface area contributed by atoms with E-state index in [0.29, 0.717) is 11.6 Å². The van der Waals surface area contributed by atoms with Crippen molar-refractivity contribution in [2.45, 2.75) is 19.8 Å². The highest BCUT2D eigenvalue weighted by Gasteiger charge is 2.30. The number of hydrogen-bond donors (Lipinski definition) is 2. The number of benzene rings is 2. The highest BCUT2D eigenvalue weighted by Crippen LogP contribution is 2.21. The van der Waals surface area contributed by atoms with Crippen molar-refractivity contribution < 1.29 is 14.0 Å². The van der Waals surface area contributed by atoms with Gasteiger partial charge in [0, 0.05) is 23.7 Å². The minimum atomic E-state index is -0.375. The van der Waals surface area contributed by atoms with Crippen LogP contribution in [0.25, 0.3) is 5.69 Å². The third-order valence-electron chi connectivity index (χ3n) is 3.48. The number of anilines is 2. The van der Waals surface area contributed by atoms with Crippen molar-refractivity contribution in [3.05, 3.63) is 66.4 Å². The summed E-state index contributed by atoms with van der Waals surface area (Å²) >= 11 is 0. The van der Waals surface area contributed by atoms with E-state index in [-0.39, 0.29) is 11.9 Å². The lowest BCUT2D eigenvalue weighted by Crippen LogP contribution is -2.37. The summed E-state index contributed by atoms with van der Waals surface area (Å²) < 4.78 is 7.06.